The zero-order chi connectivity index (χ0) is 18.6. The van der Waals surface area contributed by atoms with Gasteiger partial charge < -0.3 is 9.84 Å². The second kappa shape index (κ2) is 6.19. The third-order valence-electron chi connectivity index (χ3n) is 7.90. The smallest absolute Gasteiger partial charge is 0.332 e. The lowest BCUT2D eigenvalue weighted by atomic mass is 9.45. The van der Waals surface area contributed by atoms with Crippen molar-refractivity contribution in [2.24, 2.45) is 34.5 Å². The van der Waals surface area contributed by atoms with Crippen molar-refractivity contribution in [2.45, 2.75) is 65.9 Å². The largest absolute Gasteiger partial charge is 0.460 e. The molecule has 5 nitrogen and oxygen atoms in total. The molecule has 0 saturated heterocycles. The average Bonchev–Trinajstić information content (AvgIpc) is 2.94. The molecular formula is C20H30O5. The molecule has 3 rings (SSSR count). The molecule has 3 aliphatic rings. The Hall–Kier alpha value is -1.23. The minimum atomic E-state index is -0.677. The fraction of sp³-hybridized carbons (Fsp3) is 0.850. The molecule has 0 spiro atoms. The number of Topliss-reactive ketones (excluding diaryl/α,β-unsaturated/α-hetero) is 2. The number of carbonyl (C=O) groups is 3. The lowest BCUT2D eigenvalue weighted by Gasteiger charge is -2.59. The first-order chi connectivity index (χ1) is 11.7. The van der Waals surface area contributed by atoms with Gasteiger partial charge >= 0.3 is 5.97 Å². The zero-order valence-corrected chi connectivity index (χ0v) is 15.7. The number of hydrogen-bond donors (Lipinski definition) is 1. The van der Waals surface area contributed by atoms with Crippen LogP contribution in [0.2, 0.25) is 0 Å². The SMILES string of the molecule is C[C@@H]1C[C@@H](OC(=O)CO)[C@]2(C)[C@H](C)CC[C@]3(CCC(=O)[C@@H]32)[C@@H](C)C1=O. The van der Waals surface area contributed by atoms with Crippen LogP contribution in [0.15, 0.2) is 0 Å². The van der Waals surface area contributed by atoms with E-state index in [4.69, 9.17) is 9.84 Å². The highest BCUT2D eigenvalue weighted by Gasteiger charge is 2.67. The predicted molar refractivity (Wildman–Crippen MR) is 91.6 cm³/mol. The van der Waals surface area contributed by atoms with E-state index in [1.807, 2.05) is 13.8 Å². The minimum Gasteiger partial charge on any atom is -0.460 e. The van der Waals surface area contributed by atoms with Gasteiger partial charge in [-0.15, -0.1) is 0 Å². The molecule has 5 heteroatoms. The average molecular weight is 350 g/mol. The van der Waals surface area contributed by atoms with Gasteiger partial charge in [-0.2, -0.15) is 0 Å². The van der Waals surface area contributed by atoms with Crippen LogP contribution in [0.4, 0.5) is 0 Å². The fourth-order valence-electron chi connectivity index (χ4n) is 6.24. The van der Waals surface area contributed by atoms with E-state index < -0.39 is 24.1 Å². The summed E-state index contributed by atoms with van der Waals surface area (Å²) in [5.74, 6) is -0.656. The Morgan fingerprint density at radius 2 is 1.92 bits per heavy atom. The van der Waals surface area contributed by atoms with Crippen molar-refractivity contribution in [3.8, 4) is 0 Å². The van der Waals surface area contributed by atoms with Crippen molar-refractivity contribution in [1.29, 1.82) is 0 Å². The Morgan fingerprint density at radius 3 is 2.56 bits per heavy atom. The van der Waals surface area contributed by atoms with E-state index >= 15 is 0 Å². The van der Waals surface area contributed by atoms with Crippen LogP contribution in [0, 0.1) is 34.5 Å². The maximum atomic E-state index is 13.0. The molecule has 0 amide bonds. The number of hydrogen-bond acceptors (Lipinski definition) is 5. The van der Waals surface area contributed by atoms with Crippen molar-refractivity contribution in [1.82, 2.24) is 0 Å². The van der Waals surface area contributed by atoms with Gasteiger partial charge in [0, 0.05) is 29.6 Å². The molecule has 3 aliphatic carbocycles. The van der Waals surface area contributed by atoms with Crippen LogP contribution < -0.4 is 0 Å². The molecular weight excluding hydrogens is 320 g/mol. The van der Waals surface area contributed by atoms with Gasteiger partial charge in [-0.3, -0.25) is 9.59 Å². The summed E-state index contributed by atoms with van der Waals surface area (Å²) in [5, 5.41) is 9.16. The van der Waals surface area contributed by atoms with Crippen LogP contribution in [0.3, 0.4) is 0 Å². The normalized spacial score (nSPS) is 47.0. The molecule has 25 heavy (non-hydrogen) atoms. The van der Waals surface area contributed by atoms with E-state index in [2.05, 4.69) is 13.8 Å². The molecule has 140 valence electrons. The maximum absolute atomic E-state index is 13.0. The summed E-state index contributed by atoms with van der Waals surface area (Å²) in [6.45, 7) is 7.43. The van der Waals surface area contributed by atoms with Crippen LogP contribution in [0.25, 0.3) is 0 Å². The van der Waals surface area contributed by atoms with Gasteiger partial charge in [-0.1, -0.05) is 27.7 Å². The number of esters is 1. The van der Waals surface area contributed by atoms with Crippen LogP contribution in [-0.4, -0.2) is 35.4 Å². The van der Waals surface area contributed by atoms with Crippen molar-refractivity contribution in [3.05, 3.63) is 0 Å². The number of carbonyl (C=O) groups excluding carboxylic acids is 3. The Kier molecular flexibility index (Phi) is 4.59. The second-order valence-corrected chi connectivity index (χ2v) is 8.84. The fourth-order valence-corrected chi connectivity index (χ4v) is 6.24. The first-order valence-corrected chi connectivity index (χ1v) is 9.55. The summed E-state index contributed by atoms with van der Waals surface area (Å²) in [5.41, 5.74) is -0.784. The molecule has 0 aromatic carbocycles. The van der Waals surface area contributed by atoms with Crippen LogP contribution >= 0.6 is 0 Å². The van der Waals surface area contributed by atoms with E-state index in [0.29, 0.717) is 12.8 Å². The molecule has 0 radical (unpaired) electrons. The molecule has 3 fully saturated rings. The summed E-state index contributed by atoms with van der Waals surface area (Å²) in [6, 6.07) is 0. The number of rotatable bonds is 2. The first-order valence-electron chi connectivity index (χ1n) is 9.55. The third-order valence-corrected chi connectivity index (χ3v) is 7.90. The molecule has 0 aliphatic heterocycles. The highest BCUT2D eigenvalue weighted by molar-refractivity contribution is 5.90. The Labute approximate surface area is 149 Å². The van der Waals surface area contributed by atoms with E-state index in [1.165, 1.54) is 0 Å². The van der Waals surface area contributed by atoms with Gasteiger partial charge in [-0.25, -0.2) is 4.79 Å². The molecule has 0 aromatic rings. The molecule has 3 saturated carbocycles. The monoisotopic (exact) mass is 350 g/mol. The lowest BCUT2D eigenvalue weighted by molar-refractivity contribution is -0.191. The van der Waals surface area contributed by atoms with Gasteiger partial charge in [0.05, 0.1) is 0 Å². The van der Waals surface area contributed by atoms with E-state index in [1.54, 1.807) is 0 Å². The van der Waals surface area contributed by atoms with Gasteiger partial charge in [0.15, 0.2) is 0 Å². The van der Waals surface area contributed by atoms with Crippen LogP contribution in [-0.2, 0) is 19.1 Å². The number of ketones is 2. The van der Waals surface area contributed by atoms with Crippen molar-refractivity contribution < 1.29 is 24.2 Å². The summed E-state index contributed by atoms with van der Waals surface area (Å²) in [4.78, 5) is 37.9. The summed E-state index contributed by atoms with van der Waals surface area (Å²) < 4.78 is 5.65. The van der Waals surface area contributed by atoms with Crippen molar-refractivity contribution in [2.75, 3.05) is 6.61 Å². The number of aliphatic hydroxyl groups is 1. The van der Waals surface area contributed by atoms with Gasteiger partial charge in [0.25, 0.3) is 0 Å². The molecule has 0 unspecified atom stereocenters. The lowest BCUT2D eigenvalue weighted by Crippen LogP contribution is -2.60. The van der Waals surface area contributed by atoms with Crippen molar-refractivity contribution in [3.63, 3.8) is 0 Å². The minimum absolute atomic E-state index is 0.139. The Bertz CT molecular complexity index is 599. The van der Waals surface area contributed by atoms with Crippen LogP contribution in [0.1, 0.15) is 59.8 Å². The molecule has 0 heterocycles. The quantitative estimate of drug-likeness (QED) is 0.774. The third kappa shape index (κ3) is 2.49. The first kappa shape index (κ1) is 18.6. The van der Waals surface area contributed by atoms with Gasteiger partial charge in [-0.05, 0) is 37.0 Å². The standard InChI is InChI=1S/C20H30O5/c1-11-9-15(25-16(23)10-21)19(4)12(2)5-7-20(13(3)17(11)24)8-6-14(22)18(19)20/h11-13,15,18,21H,5-10H2,1-4H3/t11-,12-,13+,15-,18-,19+,20+/m1/s1. The van der Waals surface area contributed by atoms with E-state index in [0.717, 1.165) is 19.3 Å². The molecule has 0 aromatic heterocycles. The molecule has 1 N–H and O–H groups in total. The maximum Gasteiger partial charge on any atom is 0.332 e. The van der Waals surface area contributed by atoms with Crippen LogP contribution in [0.5, 0.6) is 0 Å². The topological polar surface area (TPSA) is 80.7 Å². The van der Waals surface area contributed by atoms with Gasteiger partial charge in [0.1, 0.15) is 24.3 Å². The predicted octanol–water partition coefficient (Wildman–Crippen LogP) is 2.54. The van der Waals surface area contributed by atoms with E-state index in [-0.39, 0.29) is 40.7 Å². The number of aliphatic hydroxyl groups excluding tert-OH is 1. The van der Waals surface area contributed by atoms with E-state index in [9.17, 15) is 14.4 Å². The summed E-state index contributed by atoms with van der Waals surface area (Å²) in [6.07, 6.45) is 3.01. The van der Waals surface area contributed by atoms with Crippen molar-refractivity contribution >= 4 is 17.5 Å². The summed E-state index contributed by atoms with van der Waals surface area (Å²) in [7, 11) is 0. The van der Waals surface area contributed by atoms with Gasteiger partial charge in [0.2, 0.25) is 0 Å². The highest BCUT2D eigenvalue weighted by atomic mass is 16.6. The highest BCUT2D eigenvalue weighted by Crippen LogP contribution is 2.66. The molecule has 2 bridgehead atoms. The number of ether oxygens (including phenoxy) is 1. The zero-order valence-electron chi connectivity index (χ0n) is 15.7. The summed E-state index contributed by atoms with van der Waals surface area (Å²) >= 11 is 0. The Balaban J connectivity index is 2.15. The second-order valence-electron chi connectivity index (χ2n) is 8.84. The Morgan fingerprint density at radius 1 is 1.24 bits per heavy atom. The molecule has 7 atom stereocenters.